The van der Waals surface area contributed by atoms with E-state index in [9.17, 15) is 4.79 Å². The Hall–Kier alpha value is -0.660. The van der Waals surface area contributed by atoms with E-state index in [4.69, 9.17) is 0 Å². The third kappa shape index (κ3) is 5.47. The maximum Gasteiger partial charge on any atom is 0.240 e. The van der Waals surface area contributed by atoms with Crippen molar-refractivity contribution in [1.82, 2.24) is 15.1 Å². The van der Waals surface area contributed by atoms with Gasteiger partial charge in [0.1, 0.15) is 5.51 Å². The summed E-state index contributed by atoms with van der Waals surface area (Å²) >= 11 is 3.21. The van der Waals surface area contributed by atoms with Gasteiger partial charge in [0, 0.05) is 11.8 Å². The fourth-order valence-electron chi connectivity index (χ4n) is 1.18. The molecule has 17 heavy (non-hydrogen) atoms. The lowest BCUT2D eigenvalue weighted by Gasteiger charge is -2.23. The summed E-state index contributed by atoms with van der Waals surface area (Å²) in [5.74, 6) is 2.10. The molecule has 1 amide bonds. The second-order valence-electron chi connectivity index (χ2n) is 3.72. The van der Waals surface area contributed by atoms with Crippen molar-refractivity contribution in [2.45, 2.75) is 19.9 Å². The lowest BCUT2D eigenvalue weighted by molar-refractivity contribution is -0.117. The number of nitrogens with zero attached hydrogens (tertiary/aromatic N) is 3. The van der Waals surface area contributed by atoms with E-state index in [1.54, 1.807) is 5.51 Å². The highest BCUT2D eigenvalue weighted by Gasteiger charge is 2.13. The molecule has 1 N–H and O–H groups in total. The second kappa shape index (κ2) is 7.62. The number of thioether (sulfide) groups is 1. The predicted octanol–water partition coefficient (Wildman–Crippen LogP) is 1.55. The second-order valence-corrected chi connectivity index (χ2v) is 5.87. The van der Waals surface area contributed by atoms with Crippen LogP contribution in [0.15, 0.2) is 5.51 Å². The van der Waals surface area contributed by atoms with E-state index < -0.39 is 0 Å². The van der Waals surface area contributed by atoms with Gasteiger partial charge in [-0.15, -0.1) is 10.2 Å². The van der Waals surface area contributed by atoms with Crippen molar-refractivity contribution in [2.75, 3.05) is 30.4 Å². The molecule has 5 nitrogen and oxygen atoms in total. The summed E-state index contributed by atoms with van der Waals surface area (Å²) in [5.41, 5.74) is 1.60. The molecule has 0 radical (unpaired) electrons. The molecule has 0 unspecified atom stereocenters. The molecule has 0 saturated heterocycles. The Balaban J connectivity index is 2.30. The van der Waals surface area contributed by atoms with Crippen LogP contribution in [0.2, 0.25) is 0 Å². The number of carbonyl (C=O) groups is 1. The molecule has 96 valence electrons. The fraction of sp³-hybridized carbons (Fsp3) is 0.700. The molecule has 1 aromatic rings. The molecule has 0 fully saturated rings. The molecule has 0 aliphatic rings. The molecule has 7 heteroatoms. The number of anilines is 1. The Morgan fingerprint density at radius 2 is 2.47 bits per heavy atom. The monoisotopic (exact) mass is 274 g/mol. The highest BCUT2D eigenvalue weighted by molar-refractivity contribution is 7.99. The van der Waals surface area contributed by atoms with Crippen LogP contribution >= 0.6 is 23.1 Å². The van der Waals surface area contributed by atoms with Crippen molar-refractivity contribution in [3.63, 3.8) is 0 Å². The Bertz CT molecular complexity index is 331. The first kappa shape index (κ1) is 14.4. The number of amides is 1. The summed E-state index contributed by atoms with van der Waals surface area (Å²) in [4.78, 5) is 13.7. The van der Waals surface area contributed by atoms with Gasteiger partial charge in [-0.05, 0) is 19.7 Å². The minimum Gasteiger partial charge on any atom is -0.299 e. The fourth-order valence-corrected chi connectivity index (χ4v) is 2.48. The first-order chi connectivity index (χ1) is 8.13. The molecule has 0 aromatic carbocycles. The number of carbonyl (C=O) groups excluding carboxylic acids is 1. The minimum absolute atomic E-state index is 0.0439. The van der Waals surface area contributed by atoms with Crippen molar-refractivity contribution in [2.24, 2.45) is 0 Å². The molecule has 1 aromatic heterocycles. The van der Waals surface area contributed by atoms with Gasteiger partial charge in [0.25, 0.3) is 0 Å². The van der Waals surface area contributed by atoms with Gasteiger partial charge in [0.05, 0.1) is 6.54 Å². The molecule has 0 aliphatic heterocycles. The molecule has 0 saturated carbocycles. The van der Waals surface area contributed by atoms with E-state index in [1.165, 1.54) is 11.3 Å². The van der Waals surface area contributed by atoms with Crippen LogP contribution in [0.3, 0.4) is 0 Å². The average Bonchev–Trinajstić information content (AvgIpc) is 2.78. The zero-order chi connectivity index (χ0) is 12.7. The van der Waals surface area contributed by atoms with Crippen LogP contribution in [0.5, 0.6) is 0 Å². The first-order valence-electron chi connectivity index (χ1n) is 5.47. The van der Waals surface area contributed by atoms with Crippen LogP contribution in [0, 0.1) is 0 Å². The van der Waals surface area contributed by atoms with Crippen molar-refractivity contribution in [1.29, 1.82) is 0 Å². The van der Waals surface area contributed by atoms with Crippen molar-refractivity contribution in [3.8, 4) is 0 Å². The van der Waals surface area contributed by atoms with E-state index >= 15 is 0 Å². The molecular formula is C10H18N4OS2. The van der Waals surface area contributed by atoms with Gasteiger partial charge in [-0.3, -0.25) is 15.0 Å². The normalized spacial score (nSPS) is 12.7. The summed E-state index contributed by atoms with van der Waals surface area (Å²) in [5, 5.41) is 10.7. The third-order valence-corrected chi connectivity index (χ3v) is 4.05. The Kier molecular flexibility index (Phi) is 6.46. The van der Waals surface area contributed by atoms with Crippen LogP contribution < -0.4 is 5.32 Å². The van der Waals surface area contributed by atoms with E-state index in [0.29, 0.717) is 17.7 Å². The lowest BCUT2D eigenvalue weighted by Crippen LogP contribution is -2.37. The van der Waals surface area contributed by atoms with Crippen LogP contribution in [0.1, 0.15) is 13.8 Å². The molecule has 1 heterocycles. The van der Waals surface area contributed by atoms with Crippen LogP contribution in [0.25, 0.3) is 0 Å². The number of likely N-dealkylation sites (N-methyl/N-ethyl adjacent to an activating group) is 1. The number of aromatic nitrogens is 2. The van der Waals surface area contributed by atoms with Gasteiger partial charge in [0.15, 0.2) is 0 Å². The third-order valence-electron chi connectivity index (χ3n) is 2.32. The Morgan fingerprint density at radius 3 is 3.06 bits per heavy atom. The van der Waals surface area contributed by atoms with Crippen molar-refractivity contribution >= 4 is 34.1 Å². The van der Waals surface area contributed by atoms with E-state index in [0.717, 1.165) is 11.5 Å². The summed E-state index contributed by atoms with van der Waals surface area (Å²) < 4.78 is 0. The topological polar surface area (TPSA) is 58.1 Å². The first-order valence-corrected chi connectivity index (χ1v) is 7.51. The van der Waals surface area contributed by atoms with E-state index in [1.807, 2.05) is 23.7 Å². The maximum absolute atomic E-state index is 11.7. The highest BCUT2D eigenvalue weighted by Crippen LogP contribution is 2.09. The highest BCUT2D eigenvalue weighted by atomic mass is 32.2. The molecule has 1 atom stereocenters. The maximum atomic E-state index is 11.7. The van der Waals surface area contributed by atoms with Gasteiger partial charge in [0.2, 0.25) is 11.0 Å². The summed E-state index contributed by atoms with van der Waals surface area (Å²) in [6, 6.07) is 0.389. The number of hydrogen-bond acceptors (Lipinski definition) is 6. The zero-order valence-electron chi connectivity index (χ0n) is 10.3. The van der Waals surface area contributed by atoms with E-state index in [-0.39, 0.29) is 5.91 Å². The van der Waals surface area contributed by atoms with Gasteiger partial charge < -0.3 is 0 Å². The van der Waals surface area contributed by atoms with Gasteiger partial charge in [-0.25, -0.2) is 0 Å². The van der Waals surface area contributed by atoms with Gasteiger partial charge >= 0.3 is 0 Å². The Labute approximate surface area is 110 Å². The average molecular weight is 274 g/mol. The summed E-state index contributed by atoms with van der Waals surface area (Å²) in [6.07, 6.45) is 0. The minimum atomic E-state index is -0.0439. The smallest absolute Gasteiger partial charge is 0.240 e. The van der Waals surface area contributed by atoms with Gasteiger partial charge in [-0.2, -0.15) is 11.8 Å². The zero-order valence-corrected chi connectivity index (χ0v) is 12.0. The molecule has 0 spiro atoms. The van der Waals surface area contributed by atoms with Crippen LogP contribution in [-0.4, -0.2) is 52.1 Å². The number of hydrogen-bond donors (Lipinski definition) is 1. The van der Waals surface area contributed by atoms with Crippen LogP contribution in [0.4, 0.5) is 5.13 Å². The SMILES string of the molecule is CCSC[C@@H](C)N(C)CC(=O)Nc1nncs1. The molecular weight excluding hydrogens is 256 g/mol. The predicted molar refractivity (Wildman–Crippen MR) is 73.6 cm³/mol. The summed E-state index contributed by atoms with van der Waals surface area (Å²) in [7, 11) is 1.96. The van der Waals surface area contributed by atoms with E-state index in [2.05, 4.69) is 29.4 Å². The standard InChI is InChI=1S/C10H18N4OS2/c1-4-16-6-8(2)14(3)5-9(15)12-10-13-11-7-17-10/h7-8H,4-6H2,1-3H3,(H,12,13,15)/t8-/m1/s1. The number of nitrogens with one attached hydrogen (secondary N) is 1. The van der Waals surface area contributed by atoms with Crippen molar-refractivity contribution in [3.05, 3.63) is 5.51 Å². The van der Waals surface area contributed by atoms with Gasteiger partial charge in [-0.1, -0.05) is 18.3 Å². The largest absolute Gasteiger partial charge is 0.299 e. The molecule has 0 aliphatic carbocycles. The lowest BCUT2D eigenvalue weighted by atomic mass is 10.3. The molecule has 0 bridgehead atoms. The van der Waals surface area contributed by atoms with Crippen molar-refractivity contribution < 1.29 is 4.79 Å². The number of rotatable bonds is 7. The van der Waals surface area contributed by atoms with Crippen LogP contribution in [-0.2, 0) is 4.79 Å². The quantitative estimate of drug-likeness (QED) is 0.817. The summed E-state index contributed by atoms with van der Waals surface area (Å²) in [6.45, 7) is 4.64. The Morgan fingerprint density at radius 1 is 1.71 bits per heavy atom. The molecule has 1 rings (SSSR count).